The number of cyclic esters (lactones) is 1. The molecule has 0 spiro atoms. The molecule has 4 N–H and O–H groups in total. The minimum atomic E-state index is -2.86. The normalized spacial score (nSPS) is 35.9. The summed E-state index contributed by atoms with van der Waals surface area (Å²) in [4.78, 5) is 28.5. The van der Waals surface area contributed by atoms with Crippen LogP contribution in [0.5, 0.6) is 0 Å². The molecule has 0 saturated carbocycles. The van der Waals surface area contributed by atoms with E-state index in [1.165, 1.54) is 0 Å². The number of rotatable bonds is 8. The van der Waals surface area contributed by atoms with Crippen molar-refractivity contribution >= 4 is 25.3 Å². The summed E-state index contributed by atoms with van der Waals surface area (Å²) in [5.41, 5.74) is 3.40. The number of fused-ring (bicyclic) bond motifs is 1. The first kappa shape index (κ1) is 37.9. The SMILES string of the molecule is B[C@@H]1CC(=O)[C@](C)(F)C(=O)O[C@H](CC)[C@@]2(C)OC(O)N(CCCCn3cc(-c4cccc(N)c4)nn3)[C@@H]2[C@@H](C)NC[C@H](C)C[C@@]1(C)OC. The van der Waals surface area contributed by atoms with E-state index in [9.17, 15) is 14.7 Å². The van der Waals surface area contributed by atoms with Crippen molar-refractivity contribution in [3.8, 4) is 11.3 Å². The number of hydrogen-bond donors (Lipinski definition) is 3. The van der Waals surface area contributed by atoms with E-state index in [0.717, 1.165) is 24.6 Å². The van der Waals surface area contributed by atoms with Gasteiger partial charge in [-0.05, 0) is 83.8 Å². The van der Waals surface area contributed by atoms with E-state index in [1.54, 1.807) is 18.7 Å². The molecule has 1 aromatic heterocycles. The van der Waals surface area contributed by atoms with Crippen LogP contribution < -0.4 is 11.1 Å². The Kier molecular flexibility index (Phi) is 12.1. The number of ether oxygens (including phenoxy) is 3. The van der Waals surface area contributed by atoms with Crippen LogP contribution in [0.3, 0.4) is 0 Å². The van der Waals surface area contributed by atoms with Gasteiger partial charge in [0.25, 0.3) is 5.67 Å². The van der Waals surface area contributed by atoms with Crippen molar-refractivity contribution in [1.29, 1.82) is 0 Å². The van der Waals surface area contributed by atoms with Crippen molar-refractivity contribution in [3.05, 3.63) is 30.5 Å². The van der Waals surface area contributed by atoms with E-state index in [2.05, 4.69) is 22.6 Å². The van der Waals surface area contributed by atoms with Gasteiger partial charge in [-0.2, -0.15) is 0 Å². The molecular formula is C34H54BFN6O6. The zero-order valence-corrected chi connectivity index (χ0v) is 29.7. The standard InChI is InChI=1S/C34H54BFN6O6/c1-8-28-34(6)29(22(3)38-19-21(2)18-32(4,46-7)26(35)17-27(43)33(5,36)30(44)47-28)42(31(45)48-34)15-10-9-14-41-20-25(39-40-41)23-12-11-13-24(37)16-23/h11-13,16,20-22,26,28-29,31,38,45H,8-10,14-15,17-19,35,37H2,1-7H3/t21-,22-,26-,28-,29-,31?,32-,33+,34-/m1/s1. The molecule has 2 aliphatic heterocycles. The Bertz CT molecular complexity index is 1410. The van der Waals surface area contributed by atoms with Crippen LogP contribution in [-0.2, 0) is 30.3 Å². The van der Waals surface area contributed by atoms with Gasteiger partial charge in [0, 0.05) is 43.9 Å². The lowest BCUT2D eigenvalue weighted by atomic mass is 9.67. The number of nitrogens with one attached hydrogen (secondary N) is 1. The molecule has 0 amide bonds. The lowest BCUT2D eigenvalue weighted by Gasteiger charge is -2.42. The first-order chi connectivity index (χ1) is 22.5. The number of aryl methyl sites for hydroxylation is 1. The molecule has 2 aliphatic rings. The van der Waals surface area contributed by atoms with Gasteiger partial charge in [-0.3, -0.25) is 9.48 Å². The number of nitrogens with two attached hydrogens (primary N) is 1. The molecule has 4 rings (SSSR count). The number of unbranched alkanes of at least 4 members (excludes halogenated alkanes) is 1. The Hall–Kier alpha value is -2.91. The molecular weight excluding hydrogens is 618 g/mol. The van der Waals surface area contributed by atoms with Gasteiger partial charge in [0.1, 0.15) is 25.2 Å². The summed E-state index contributed by atoms with van der Waals surface area (Å²) in [5, 5.41) is 23.5. The minimum absolute atomic E-state index is 0.128. The molecule has 3 heterocycles. The van der Waals surface area contributed by atoms with Crippen LogP contribution in [0.1, 0.15) is 73.6 Å². The van der Waals surface area contributed by atoms with Crippen molar-refractivity contribution < 1.29 is 33.3 Å². The molecule has 1 unspecified atom stereocenters. The molecule has 0 radical (unpaired) electrons. The fourth-order valence-electron chi connectivity index (χ4n) is 7.33. The predicted molar refractivity (Wildman–Crippen MR) is 183 cm³/mol. The van der Waals surface area contributed by atoms with Crippen molar-refractivity contribution in [2.75, 3.05) is 25.9 Å². The second kappa shape index (κ2) is 15.3. The molecule has 9 atom stereocenters. The van der Waals surface area contributed by atoms with Crippen LogP contribution in [0.15, 0.2) is 30.5 Å². The number of esters is 1. The molecule has 2 fully saturated rings. The Morgan fingerprint density at radius 3 is 2.58 bits per heavy atom. The number of benzene rings is 1. The largest absolute Gasteiger partial charge is 0.457 e. The molecule has 266 valence electrons. The lowest BCUT2D eigenvalue weighted by Crippen LogP contribution is -2.61. The van der Waals surface area contributed by atoms with Crippen LogP contribution in [0.2, 0.25) is 5.82 Å². The molecule has 0 aliphatic carbocycles. The number of anilines is 1. The highest BCUT2D eigenvalue weighted by molar-refractivity contribution is 6.16. The number of aliphatic hydroxyl groups is 1. The Labute approximate surface area is 284 Å². The number of nitrogens with zero attached hydrogens (tertiary/aromatic N) is 4. The monoisotopic (exact) mass is 672 g/mol. The number of aromatic nitrogens is 3. The topological polar surface area (TPSA) is 154 Å². The molecule has 1 aromatic carbocycles. The number of carbonyl (C=O) groups is 2. The van der Waals surface area contributed by atoms with Crippen LogP contribution in [-0.4, -0.2) is 106 Å². The van der Waals surface area contributed by atoms with Crippen LogP contribution in [0, 0.1) is 5.92 Å². The number of hydrogen-bond acceptors (Lipinski definition) is 11. The fraction of sp³-hybridized carbons (Fsp3) is 0.706. The summed E-state index contributed by atoms with van der Waals surface area (Å²) in [5.74, 6) is -2.33. The predicted octanol–water partition coefficient (Wildman–Crippen LogP) is 2.90. The number of nitrogen functional groups attached to an aromatic ring is 1. The number of carbonyl (C=O) groups excluding carboxylic acids is 2. The summed E-state index contributed by atoms with van der Waals surface area (Å²) in [6.07, 6.45) is 1.80. The quantitative estimate of drug-likeness (QED) is 0.125. The maximum Gasteiger partial charge on any atom is 0.351 e. The van der Waals surface area contributed by atoms with E-state index in [-0.39, 0.29) is 30.6 Å². The van der Waals surface area contributed by atoms with Crippen molar-refractivity contribution in [2.24, 2.45) is 5.92 Å². The lowest BCUT2D eigenvalue weighted by molar-refractivity contribution is -0.210. The van der Waals surface area contributed by atoms with Crippen LogP contribution in [0.25, 0.3) is 11.3 Å². The highest BCUT2D eigenvalue weighted by Crippen LogP contribution is 2.41. The molecule has 2 saturated heterocycles. The third kappa shape index (κ3) is 8.10. The summed E-state index contributed by atoms with van der Waals surface area (Å²) in [7, 11) is 3.44. The third-order valence-corrected chi connectivity index (χ3v) is 10.5. The number of Topliss-reactive ketones (excluding diaryl/α,β-unsaturated/α-hetero) is 1. The van der Waals surface area contributed by atoms with E-state index in [4.69, 9.17) is 19.9 Å². The smallest absolute Gasteiger partial charge is 0.351 e. The zero-order chi connectivity index (χ0) is 35.4. The maximum absolute atomic E-state index is 16.0. The first-order valence-electron chi connectivity index (χ1n) is 17.1. The number of halogens is 1. The molecule has 12 nitrogen and oxygen atoms in total. The van der Waals surface area contributed by atoms with E-state index in [0.29, 0.717) is 38.2 Å². The number of alkyl halides is 1. The number of aliphatic hydroxyl groups excluding tert-OH is 1. The van der Waals surface area contributed by atoms with Gasteiger partial charge < -0.3 is 30.4 Å². The van der Waals surface area contributed by atoms with Gasteiger partial charge >= 0.3 is 5.97 Å². The summed E-state index contributed by atoms with van der Waals surface area (Å²) in [6, 6.07) is 6.80. The summed E-state index contributed by atoms with van der Waals surface area (Å²) in [6.45, 7) is 12.3. The average Bonchev–Trinajstić information content (AvgIpc) is 3.61. The van der Waals surface area contributed by atoms with Gasteiger partial charge in [-0.1, -0.05) is 31.2 Å². The van der Waals surface area contributed by atoms with Crippen molar-refractivity contribution in [1.82, 2.24) is 25.2 Å². The summed E-state index contributed by atoms with van der Waals surface area (Å²) < 4.78 is 35.7. The van der Waals surface area contributed by atoms with E-state index >= 15 is 4.39 Å². The minimum Gasteiger partial charge on any atom is -0.457 e. The Morgan fingerprint density at radius 2 is 1.92 bits per heavy atom. The number of methoxy groups -OCH3 is 1. The Balaban J connectivity index is 1.54. The van der Waals surface area contributed by atoms with Crippen LogP contribution in [0.4, 0.5) is 10.1 Å². The fourth-order valence-corrected chi connectivity index (χ4v) is 7.33. The van der Waals surface area contributed by atoms with Crippen molar-refractivity contribution in [2.45, 2.75) is 127 Å². The highest BCUT2D eigenvalue weighted by atomic mass is 19.1. The second-order valence-corrected chi connectivity index (χ2v) is 14.4. The Morgan fingerprint density at radius 1 is 1.21 bits per heavy atom. The van der Waals surface area contributed by atoms with Crippen molar-refractivity contribution in [3.63, 3.8) is 0 Å². The molecule has 2 aromatic rings. The first-order valence-corrected chi connectivity index (χ1v) is 17.1. The van der Waals surface area contributed by atoms with Gasteiger partial charge in [0.15, 0.2) is 5.78 Å². The van der Waals surface area contributed by atoms with Gasteiger partial charge in [0.2, 0.25) is 6.41 Å². The second-order valence-electron chi connectivity index (χ2n) is 14.4. The molecule has 48 heavy (non-hydrogen) atoms. The van der Waals surface area contributed by atoms with Gasteiger partial charge in [-0.25, -0.2) is 14.1 Å². The highest BCUT2D eigenvalue weighted by Gasteiger charge is 2.58. The van der Waals surface area contributed by atoms with Gasteiger partial charge in [-0.15, -0.1) is 5.10 Å². The maximum atomic E-state index is 16.0. The average molecular weight is 673 g/mol. The van der Waals surface area contributed by atoms with E-state index < -0.39 is 47.2 Å². The van der Waals surface area contributed by atoms with Crippen LogP contribution >= 0.6 is 0 Å². The number of ketones is 1. The van der Waals surface area contributed by atoms with Gasteiger partial charge in [0.05, 0.1) is 17.8 Å². The molecule has 0 bridgehead atoms. The third-order valence-electron chi connectivity index (χ3n) is 10.5. The molecule has 14 heteroatoms. The summed E-state index contributed by atoms with van der Waals surface area (Å²) >= 11 is 0. The van der Waals surface area contributed by atoms with E-state index in [1.807, 2.05) is 64.0 Å². The zero-order valence-electron chi connectivity index (χ0n) is 29.7.